The number of benzene rings is 2. The average Bonchev–Trinajstić information content (AvgIpc) is 3.04. The molecule has 118 valence electrons. The third-order valence-electron chi connectivity index (χ3n) is 3.54. The Morgan fingerprint density at radius 3 is 2.30 bits per heavy atom. The molecule has 2 aromatic rings. The van der Waals surface area contributed by atoms with Crippen molar-refractivity contribution >= 4 is 11.4 Å². The van der Waals surface area contributed by atoms with E-state index < -0.39 is 22.2 Å². The van der Waals surface area contributed by atoms with Crippen molar-refractivity contribution in [2.45, 2.75) is 12.4 Å². The van der Waals surface area contributed by atoms with Gasteiger partial charge in [-0.25, -0.2) is 0 Å². The molecule has 8 heteroatoms. The highest BCUT2D eigenvalue weighted by atomic mass is 16.7. The average molecular weight is 316 g/mol. The van der Waals surface area contributed by atoms with Crippen molar-refractivity contribution in [1.29, 1.82) is 0 Å². The highest BCUT2D eigenvalue weighted by molar-refractivity contribution is 5.42. The summed E-state index contributed by atoms with van der Waals surface area (Å²) in [5.74, 6) is 0. The van der Waals surface area contributed by atoms with Gasteiger partial charge in [0.15, 0.2) is 6.29 Å². The molecule has 1 fully saturated rings. The number of para-hydroxylation sites is 1. The topological polar surface area (TPSA) is 105 Å². The van der Waals surface area contributed by atoms with Crippen molar-refractivity contribution in [2.24, 2.45) is 0 Å². The smallest absolute Gasteiger partial charge is 0.275 e. The van der Waals surface area contributed by atoms with Crippen molar-refractivity contribution in [2.75, 3.05) is 6.61 Å². The molecule has 1 aliphatic rings. The van der Waals surface area contributed by atoms with Crippen molar-refractivity contribution < 1.29 is 19.3 Å². The second-order valence-corrected chi connectivity index (χ2v) is 4.95. The van der Waals surface area contributed by atoms with E-state index in [1.54, 1.807) is 30.3 Å². The zero-order chi connectivity index (χ0) is 16.4. The number of non-ortho nitro benzene ring substituents is 1. The van der Waals surface area contributed by atoms with Gasteiger partial charge in [-0.15, -0.1) is 0 Å². The minimum Gasteiger partial charge on any atom is -0.345 e. The van der Waals surface area contributed by atoms with Gasteiger partial charge in [-0.05, 0) is 18.2 Å². The highest BCUT2D eigenvalue weighted by Gasteiger charge is 2.32. The van der Waals surface area contributed by atoms with Crippen molar-refractivity contribution in [3.63, 3.8) is 0 Å². The zero-order valence-electron chi connectivity index (χ0n) is 11.8. The fourth-order valence-corrected chi connectivity index (χ4v) is 2.42. The molecule has 8 nitrogen and oxygen atoms in total. The highest BCUT2D eigenvalue weighted by Crippen LogP contribution is 2.38. The SMILES string of the molecule is O=[N+]([O-])c1ccc([C@@H]2OC[C@@H](c3ccccc3[N+](=O)[O-])O2)cc1. The van der Waals surface area contributed by atoms with E-state index >= 15 is 0 Å². The number of ether oxygens (including phenoxy) is 2. The molecule has 3 rings (SSSR count). The summed E-state index contributed by atoms with van der Waals surface area (Å²) in [4.78, 5) is 20.8. The Morgan fingerprint density at radius 1 is 0.957 bits per heavy atom. The van der Waals surface area contributed by atoms with Gasteiger partial charge in [-0.2, -0.15) is 0 Å². The van der Waals surface area contributed by atoms with Gasteiger partial charge in [0.05, 0.1) is 22.0 Å². The standard InChI is InChI=1S/C15H12N2O6/c18-16(19)11-7-5-10(6-8-11)15-22-9-14(23-15)12-3-1-2-4-13(12)17(20)21/h1-8,14-15H,9H2/t14-,15+/m0/s1. The van der Waals surface area contributed by atoms with Crippen LogP contribution in [0.4, 0.5) is 11.4 Å². The van der Waals surface area contributed by atoms with Crippen LogP contribution in [0.2, 0.25) is 0 Å². The van der Waals surface area contributed by atoms with E-state index in [1.807, 2.05) is 0 Å². The molecule has 1 heterocycles. The minimum absolute atomic E-state index is 0.0227. The van der Waals surface area contributed by atoms with Gasteiger partial charge in [0.2, 0.25) is 0 Å². The molecule has 0 aliphatic carbocycles. The van der Waals surface area contributed by atoms with Gasteiger partial charge in [0, 0.05) is 23.8 Å². The minimum atomic E-state index is -0.708. The monoisotopic (exact) mass is 316 g/mol. The quantitative estimate of drug-likeness (QED) is 0.633. The fraction of sp³-hybridized carbons (Fsp3) is 0.200. The first-order valence-electron chi connectivity index (χ1n) is 6.81. The molecule has 0 radical (unpaired) electrons. The van der Waals surface area contributed by atoms with E-state index in [0.717, 1.165) is 0 Å². The van der Waals surface area contributed by atoms with E-state index in [-0.39, 0.29) is 18.0 Å². The number of hydrogen-bond acceptors (Lipinski definition) is 6. The first-order valence-corrected chi connectivity index (χ1v) is 6.81. The summed E-state index contributed by atoms with van der Waals surface area (Å²) in [7, 11) is 0. The number of nitro groups is 2. The Kier molecular flexibility index (Phi) is 4.00. The van der Waals surface area contributed by atoms with Crippen LogP contribution in [0, 0.1) is 20.2 Å². The van der Waals surface area contributed by atoms with Crippen LogP contribution < -0.4 is 0 Å². The first-order chi connectivity index (χ1) is 11.1. The molecular formula is C15H12N2O6. The normalized spacial score (nSPS) is 20.3. The second-order valence-electron chi connectivity index (χ2n) is 4.95. The summed E-state index contributed by atoms with van der Waals surface area (Å²) in [5.41, 5.74) is 1.02. The van der Waals surface area contributed by atoms with Crippen LogP contribution >= 0.6 is 0 Å². The Morgan fingerprint density at radius 2 is 1.65 bits per heavy atom. The maximum Gasteiger partial charge on any atom is 0.275 e. The Bertz CT molecular complexity index is 746. The zero-order valence-corrected chi connectivity index (χ0v) is 11.8. The molecule has 0 spiro atoms. The van der Waals surface area contributed by atoms with Crippen LogP contribution in [-0.2, 0) is 9.47 Å². The lowest BCUT2D eigenvalue weighted by atomic mass is 10.1. The molecule has 2 aromatic carbocycles. The van der Waals surface area contributed by atoms with Crippen molar-refractivity contribution in [3.05, 3.63) is 79.9 Å². The van der Waals surface area contributed by atoms with Crippen LogP contribution in [-0.4, -0.2) is 16.5 Å². The predicted octanol–water partition coefficient (Wildman–Crippen LogP) is 3.29. The number of nitro benzene ring substituents is 2. The van der Waals surface area contributed by atoms with Gasteiger partial charge < -0.3 is 9.47 Å². The fourth-order valence-electron chi connectivity index (χ4n) is 2.42. The lowest BCUT2D eigenvalue weighted by Crippen LogP contribution is -2.04. The van der Waals surface area contributed by atoms with Crippen LogP contribution in [0.15, 0.2) is 48.5 Å². The molecule has 0 aromatic heterocycles. The molecule has 1 saturated heterocycles. The third kappa shape index (κ3) is 3.03. The molecule has 2 atom stereocenters. The van der Waals surface area contributed by atoms with Gasteiger partial charge in [0.1, 0.15) is 6.10 Å². The lowest BCUT2D eigenvalue weighted by Gasteiger charge is -2.12. The van der Waals surface area contributed by atoms with Crippen LogP contribution in [0.25, 0.3) is 0 Å². The van der Waals surface area contributed by atoms with E-state index in [2.05, 4.69) is 0 Å². The molecule has 0 amide bonds. The summed E-state index contributed by atoms with van der Waals surface area (Å²) in [6, 6.07) is 12.1. The number of nitrogens with zero attached hydrogens (tertiary/aromatic N) is 2. The summed E-state index contributed by atoms with van der Waals surface area (Å²) < 4.78 is 11.3. The van der Waals surface area contributed by atoms with Crippen molar-refractivity contribution in [3.8, 4) is 0 Å². The first kappa shape index (κ1) is 15.1. The van der Waals surface area contributed by atoms with Crippen LogP contribution in [0.1, 0.15) is 23.5 Å². The van der Waals surface area contributed by atoms with Crippen LogP contribution in [0.5, 0.6) is 0 Å². The van der Waals surface area contributed by atoms with E-state index in [0.29, 0.717) is 11.1 Å². The van der Waals surface area contributed by atoms with Gasteiger partial charge >= 0.3 is 0 Å². The summed E-state index contributed by atoms with van der Waals surface area (Å²) in [5, 5.41) is 21.7. The largest absolute Gasteiger partial charge is 0.345 e. The summed E-state index contributed by atoms with van der Waals surface area (Å²) in [6.07, 6.45) is -1.27. The molecule has 0 saturated carbocycles. The van der Waals surface area contributed by atoms with E-state index in [1.165, 1.54) is 18.2 Å². The Balaban J connectivity index is 1.79. The van der Waals surface area contributed by atoms with E-state index in [4.69, 9.17) is 9.47 Å². The third-order valence-corrected chi connectivity index (χ3v) is 3.54. The molecule has 0 unspecified atom stereocenters. The van der Waals surface area contributed by atoms with Crippen LogP contribution in [0.3, 0.4) is 0 Å². The van der Waals surface area contributed by atoms with E-state index in [9.17, 15) is 20.2 Å². The second kappa shape index (κ2) is 6.11. The summed E-state index contributed by atoms with van der Waals surface area (Å²) in [6.45, 7) is 0.173. The van der Waals surface area contributed by atoms with Gasteiger partial charge in [-0.3, -0.25) is 20.2 Å². The van der Waals surface area contributed by atoms with Gasteiger partial charge in [-0.1, -0.05) is 12.1 Å². The molecule has 1 aliphatic heterocycles. The number of hydrogen-bond donors (Lipinski definition) is 0. The maximum absolute atomic E-state index is 11.1. The molecule has 0 N–H and O–H groups in total. The summed E-state index contributed by atoms with van der Waals surface area (Å²) >= 11 is 0. The predicted molar refractivity (Wildman–Crippen MR) is 78.7 cm³/mol. The Hall–Kier alpha value is -2.84. The maximum atomic E-state index is 11.1. The molecule has 23 heavy (non-hydrogen) atoms. The lowest BCUT2D eigenvalue weighted by molar-refractivity contribution is -0.386. The Labute approximate surface area is 130 Å². The molecular weight excluding hydrogens is 304 g/mol. The van der Waals surface area contributed by atoms with Crippen molar-refractivity contribution in [1.82, 2.24) is 0 Å². The van der Waals surface area contributed by atoms with Gasteiger partial charge in [0.25, 0.3) is 11.4 Å². The number of rotatable bonds is 4. The molecule has 0 bridgehead atoms.